The molecule has 0 atom stereocenters. The van der Waals surface area contributed by atoms with E-state index < -0.39 is 11.9 Å². The molecule has 0 radical (unpaired) electrons. The van der Waals surface area contributed by atoms with Crippen molar-refractivity contribution in [3.63, 3.8) is 0 Å². The topological polar surface area (TPSA) is 107 Å². The Bertz CT molecular complexity index is 1080. The van der Waals surface area contributed by atoms with Crippen LogP contribution in [-0.4, -0.2) is 32.9 Å². The van der Waals surface area contributed by atoms with Gasteiger partial charge in [0.25, 0.3) is 11.8 Å². The summed E-state index contributed by atoms with van der Waals surface area (Å²) in [7, 11) is 0. The Morgan fingerprint density at radius 3 is 2.34 bits per heavy atom. The second-order valence-corrected chi connectivity index (χ2v) is 6.91. The number of anilines is 1. The number of benzene rings is 2. The van der Waals surface area contributed by atoms with Gasteiger partial charge in [-0.2, -0.15) is 5.10 Å². The number of carbonyl (C=O) groups excluding carboxylic acids is 3. The van der Waals surface area contributed by atoms with Gasteiger partial charge in [0.2, 0.25) is 0 Å². The van der Waals surface area contributed by atoms with Crippen molar-refractivity contribution < 1.29 is 14.4 Å². The molecule has 8 nitrogen and oxygen atoms in total. The zero-order chi connectivity index (χ0) is 20.4. The highest BCUT2D eigenvalue weighted by Gasteiger charge is 2.29. The zero-order valence-electron chi connectivity index (χ0n) is 15.1. The summed E-state index contributed by atoms with van der Waals surface area (Å²) in [6.45, 7) is 0.475. The van der Waals surface area contributed by atoms with Crippen molar-refractivity contribution in [1.29, 1.82) is 0 Å². The van der Waals surface area contributed by atoms with Gasteiger partial charge in [-0.3, -0.25) is 20.0 Å². The number of hydrogen-bond acceptors (Lipinski definition) is 4. The molecule has 4 amide bonds. The number of nitrogens with one attached hydrogen (secondary N) is 3. The molecule has 2 heterocycles. The van der Waals surface area contributed by atoms with E-state index in [4.69, 9.17) is 11.6 Å². The lowest BCUT2D eigenvalue weighted by molar-refractivity contribution is 0.0950. The predicted octanol–water partition coefficient (Wildman–Crippen LogP) is 3.18. The molecule has 0 unspecified atom stereocenters. The number of urea groups is 1. The van der Waals surface area contributed by atoms with Crippen molar-refractivity contribution in [1.82, 2.24) is 20.4 Å². The lowest BCUT2D eigenvalue weighted by Gasteiger charge is -2.16. The third-order valence-electron chi connectivity index (χ3n) is 4.53. The van der Waals surface area contributed by atoms with Crippen LogP contribution in [0.1, 0.15) is 32.0 Å². The molecule has 3 N–H and O–H groups in total. The van der Waals surface area contributed by atoms with Gasteiger partial charge in [-0.05, 0) is 36.4 Å². The van der Waals surface area contributed by atoms with Gasteiger partial charge in [0.15, 0.2) is 5.82 Å². The number of hydrogen-bond donors (Lipinski definition) is 3. The Morgan fingerprint density at radius 1 is 0.931 bits per heavy atom. The number of rotatable bonds is 3. The van der Waals surface area contributed by atoms with Crippen LogP contribution in [0.5, 0.6) is 0 Å². The van der Waals surface area contributed by atoms with E-state index in [-0.39, 0.29) is 19.0 Å². The summed E-state index contributed by atoms with van der Waals surface area (Å²) >= 11 is 5.84. The van der Waals surface area contributed by atoms with Crippen LogP contribution in [0.3, 0.4) is 0 Å². The molecular formula is C20H16ClN5O3. The Balaban J connectivity index is 1.41. The largest absolute Gasteiger partial charge is 0.324 e. The minimum Gasteiger partial charge on any atom is -0.314 e. The summed E-state index contributed by atoms with van der Waals surface area (Å²) in [5, 5.41) is 12.6. The highest BCUT2D eigenvalue weighted by Crippen LogP contribution is 2.27. The van der Waals surface area contributed by atoms with E-state index in [2.05, 4.69) is 20.8 Å². The molecule has 0 fully saturated rings. The molecule has 9 heteroatoms. The van der Waals surface area contributed by atoms with Crippen molar-refractivity contribution in [2.45, 2.75) is 13.1 Å². The molecule has 146 valence electrons. The van der Waals surface area contributed by atoms with Crippen molar-refractivity contribution in [2.75, 3.05) is 5.32 Å². The summed E-state index contributed by atoms with van der Waals surface area (Å²) in [6.07, 6.45) is 0. The molecule has 1 aliphatic rings. The molecule has 2 aromatic carbocycles. The fourth-order valence-electron chi connectivity index (χ4n) is 3.01. The molecule has 3 aromatic rings. The average molecular weight is 410 g/mol. The number of halogens is 1. The number of fused-ring (bicyclic) bond motifs is 1. The number of carbonyl (C=O) groups is 3. The minimum atomic E-state index is -0.515. The van der Waals surface area contributed by atoms with E-state index in [0.29, 0.717) is 33.2 Å². The molecule has 1 aromatic heterocycles. The summed E-state index contributed by atoms with van der Waals surface area (Å²) in [5.41, 5.74) is 2.25. The Morgan fingerprint density at radius 2 is 1.62 bits per heavy atom. The highest BCUT2D eigenvalue weighted by atomic mass is 35.5. The van der Waals surface area contributed by atoms with E-state index in [1.165, 1.54) is 4.90 Å². The van der Waals surface area contributed by atoms with Gasteiger partial charge < -0.3 is 10.2 Å². The quantitative estimate of drug-likeness (QED) is 0.617. The van der Waals surface area contributed by atoms with Gasteiger partial charge in [0, 0.05) is 21.7 Å². The molecule has 1 aliphatic heterocycles. The van der Waals surface area contributed by atoms with Crippen molar-refractivity contribution in [2.24, 2.45) is 0 Å². The number of amides is 4. The number of imide groups is 1. The van der Waals surface area contributed by atoms with E-state index in [9.17, 15) is 14.4 Å². The van der Waals surface area contributed by atoms with E-state index in [1.807, 2.05) is 0 Å². The molecule has 0 bridgehead atoms. The molecule has 0 saturated carbocycles. The van der Waals surface area contributed by atoms with Crippen LogP contribution in [0.15, 0.2) is 54.6 Å². The number of H-pyrrole nitrogens is 1. The second kappa shape index (κ2) is 7.76. The standard InChI is InChI=1S/C20H16ClN5O3/c21-14-8-6-13(7-9-14)18(27)22-17-15-10-26(11-16(15)24-25-17)20(29)23-19(28)12-4-2-1-3-5-12/h1-9H,10-11H2,(H,23,28,29)(H2,22,24,25,27). The summed E-state index contributed by atoms with van der Waals surface area (Å²) in [4.78, 5) is 38.5. The maximum Gasteiger partial charge on any atom is 0.324 e. The molecule has 29 heavy (non-hydrogen) atoms. The van der Waals surface area contributed by atoms with E-state index in [1.54, 1.807) is 54.6 Å². The SMILES string of the molecule is O=C(NC(=O)N1Cc2[nH]nc(NC(=O)c3ccc(Cl)cc3)c2C1)c1ccccc1. The molecule has 0 spiro atoms. The van der Waals surface area contributed by atoms with Gasteiger partial charge >= 0.3 is 6.03 Å². The van der Waals surface area contributed by atoms with Crippen LogP contribution in [0.2, 0.25) is 5.02 Å². The highest BCUT2D eigenvalue weighted by molar-refractivity contribution is 6.30. The van der Waals surface area contributed by atoms with Gasteiger partial charge in [0.05, 0.1) is 18.8 Å². The van der Waals surface area contributed by atoms with Crippen LogP contribution in [0.25, 0.3) is 0 Å². The zero-order valence-corrected chi connectivity index (χ0v) is 15.9. The molecule has 0 saturated heterocycles. The Labute approximate surface area is 170 Å². The van der Waals surface area contributed by atoms with Crippen LogP contribution in [-0.2, 0) is 13.1 Å². The number of aromatic nitrogens is 2. The lowest BCUT2D eigenvalue weighted by atomic mass is 10.2. The maximum absolute atomic E-state index is 12.4. The van der Waals surface area contributed by atoms with Crippen LogP contribution < -0.4 is 10.6 Å². The third kappa shape index (κ3) is 3.97. The fraction of sp³-hybridized carbons (Fsp3) is 0.100. The molecular weight excluding hydrogens is 394 g/mol. The molecule has 4 rings (SSSR count). The van der Waals surface area contributed by atoms with Crippen LogP contribution in [0, 0.1) is 0 Å². The fourth-order valence-corrected chi connectivity index (χ4v) is 3.13. The van der Waals surface area contributed by atoms with Gasteiger partial charge in [0.1, 0.15) is 0 Å². The normalized spacial score (nSPS) is 12.4. The van der Waals surface area contributed by atoms with Gasteiger partial charge in [-0.25, -0.2) is 4.79 Å². The number of aromatic amines is 1. The first-order valence-electron chi connectivity index (χ1n) is 8.79. The lowest BCUT2D eigenvalue weighted by Crippen LogP contribution is -2.40. The van der Waals surface area contributed by atoms with Gasteiger partial charge in [-0.1, -0.05) is 29.8 Å². The predicted molar refractivity (Wildman–Crippen MR) is 107 cm³/mol. The molecule has 0 aliphatic carbocycles. The summed E-state index contributed by atoms with van der Waals surface area (Å²) in [5.74, 6) is -0.455. The van der Waals surface area contributed by atoms with Crippen LogP contribution >= 0.6 is 11.6 Å². The summed E-state index contributed by atoms with van der Waals surface area (Å²) < 4.78 is 0. The smallest absolute Gasteiger partial charge is 0.314 e. The van der Waals surface area contributed by atoms with E-state index in [0.717, 1.165) is 0 Å². The van der Waals surface area contributed by atoms with Crippen molar-refractivity contribution >= 4 is 35.3 Å². The first-order chi connectivity index (χ1) is 14.0. The van der Waals surface area contributed by atoms with Crippen LogP contribution in [0.4, 0.5) is 10.6 Å². The Hall–Kier alpha value is -3.65. The van der Waals surface area contributed by atoms with Crippen molar-refractivity contribution in [3.8, 4) is 0 Å². The monoisotopic (exact) mass is 409 g/mol. The first-order valence-corrected chi connectivity index (χ1v) is 9.17. The number of nitrogens with zero attached hydrogens (tertiary/aromatic N) is 2. The minimum absolute atomic E-state index is 0.218. The van der Waals surface area contributed by atoms with Gasteiger partial charge in [-0.15, -0.1) is 0 Å². The van der Waals surface area contributed by atoms with Crippen molar-refractivity contribution in [3.05, 3.63) is 82.0 Å². The average Bonchev–Trinajstić information content (AvgIpc) is 3.31. The third-order valence-corrected chi connectivity index (χ3v) is 4.78. The van der Waals surface area contributed by atoms with E-state index >= 15 is 0 Å². The Kier molecular flexibility index (Phi) is 5.01. The maximum atomic E-state index is 12.4. The summed E-state index contributed by atoms with van der Waals surface area (Å²) in [6, 6.07) is 14.5. The second-order valence-electron chi connectivity index (χ2n) is 6.47. The first kappa shape index (κ1) is 18.7.